The lowest BCUT2D eigenvalue weighted by Gasteiger charge is -2.35. The molecule has 1 saturated heterocycles. The third kappa shape index (κ3) is 5.17. The van der Waals surface area contributed by atoms with Crippen molar-refractivity contribution in [1.82, 2.24) is 20.0 Å². The molecule has 0 saturated carbocycles. The number of H-pyrrole nitrogens is 1. The van der Waals surface area contributed by atoms with E-state index >= 15 is 0 Å². The number of aromatic nitrogens is 2. The third-order valence-corrected chi connectivity index (χ3v) is 6.69. The zero-order chi connectivity index (χ0) is 24.9. The number of piperidine rings is 1. The first kappa shape index (κ1) is 24.4. The van der Waals surface area contributed by atoms with Gasteiger partial charge in [0.15, 0.2) is 0 Å². The van der Waals surface area contributed by atoms with Gasteiger partial charge in [0, 0.05) is 44.2 Å². The first-order chi connectivity index (χ1) is 16.9. The number of amides is 2. The van der Waals surface area contributed by atoms with E-state index in [0.717, 1.165) is 22.5 Å². The normalized spacial score (nSPS) is 14.2. The highest BCUT2D eigenvalue weighted by atomic mass is 19.1. The number of likely N-dealkylation sites (tertiary alicyclic amines) is 1. The topological polar surface area (TPSA) is 102 Å². The fourth-order valence-corrected chi connectivity index (χ4v) is 4.60. The average molecular weight is 478 g/mol. The second-order valence-electron chi connectivity index (χ2n) is 8.86. The molecule has 0 atom stereocenters. The van der Waals surface area contributed by atoms with Crippen LogP contribution in [-0.4, -0.2) is 71.7 Å². The van der Waals surface area contributed by atoms with Crippen molar-refractivity contribution in [3.05, 3.63) is 64.6 Å². The molecule has 1 aromatic heterocycles. The summed E-state index contributed by atoms with van der Waals surface area (Å²) in [6, 6.07) is 9.46. The molecule has 0 aliphatic carbocycles. The molecule has 9 heteroatoms. The van der Waals surface area contributed by atoms with E-state index in [1.54, 1.807) is 18.2 Å². The van der Waals surface area contributed by atoms with E-state index in [1.165, 1.54) is 12.1 Å². The Morgan fingerprint density at radius 3 is 2.69 bits per heavy atom. The number of halogens is 1. The number of aromatic amines is 1. The standard InChI is InChI=1S/C26H28FN5O3/c1-17-20(5-6-24-22(17)15-29-30-24)25(33)32(11-12-35-2)16-18-7-9-31(10-8-18)26(34)21-4-3-19(14-28)13-23(21)27/h3-6,13,15,18H,7-12,16H2,1-2H3,(H,29,30). The molecule has 0 bridgehead atoms. The Morgan fingerprint density at radius 1 is 1.26 bits per heavy atom. The maximum absolute atomic E-state index is 14.3. The van der Waals surface area contributed by atoms with Crippen molar-refractivity contribution < 1.29 is 18.7 Å². The van der Waals surface area contributed by atoms with Gasteiger partial charge in [0.25, 0.3) is 11.8 Å². The highest BCUT2D eigenvalue weighted by Gasteiger charge is 2.28. The van der Waals surface area contributed by atoms with Crippen LogP contribution in [0.25, 0.3) is 10.9 Å². The van der Waals surface area contributed by atoms with Crippen molar-refractivity contribution in [2.24, 2.45) is 5.92 Å². The molecule has 2 amide bonds. The highest BCUT2D eigenvalue weighted by molar-refractivity contribution is 6.00. The molecule has 182 valence electrons. The van der Waals surface area contributed by atoms with Crippen LogP contribution >= 0.6 is 0 Å². The van der Waals surface area contributed by atoms with Crippen LogP contribution in [0.3, 0.4) is 0 Å². The number of rotatable bonds is 7. The number of fused-ring (bicyclic) bond motifs is 1. The highest BCUT2D eigenvalue weighted by Crippen LogP contribution is 2.25. The van der Waals surface area contributed by atoms with E-state index in [4.69, 9.17) is 10.00 Å². The van der Waals surface area contributed by atoms with Gasteiger partial charge in [0.2, 0.25) is 0 Å². The number of nitrogens with zero attached hydrogens (tertiary/aromatic N) is 4. The molecular formula is C26H28FN5O3. The molecule has 2 heterocycles. The van der Waals surface area contributed by atoms with Crippen LogP contribution in [0.2, 0.25) is 0 Å². The number of carbonyl (C=O) groups excluding carboxylic acids is 2. The maximum atomic E-state index is 14.3. The first-order valence-electron chi connectivity index (χ1n) is 11.6. The molecule has 4 rings (SSSR count). The van der Waals surface area contributed by atoms with Gasteiger partial charge in [0.05, 0.1) is 35.5 Å². The number of benzene rings is 2. The predicted molar refractivity (Wildman–Crippen MR) is 128 cm³/mol. The van der Waals surface area contributed by atoms with Crippen LogP contribution in [0, 0.1) is 30.0 Å². The monoisotopic (exact) mass is 477 g/mol. The van der Waals surface area contributed by atoms with Crippen molar-refractivity contribution in [3.63, 3.8) is 0 Å². The summed E-state index contributed by atoms with van der Waals surface area (Å²) in [6.45, 7) is 4.33. The Hall–Kier alpha value is -3.77. The smallest absolute Gasteiger partial charge is 0.256 e. The summed E-state index contributed by atoms with van der Waals surface area (Å²) in [4.78, 5) is 29.7. The van der Waals surface area contributed by atoms with Crippen LogP contribution in [0.4, 0.5) is 4.39 Å². The van der Waals surface area contributed by atoms with Crippen LogP contribution in [0.15, 0.2) is 36.5 Å². The van der Waals surface area contributed by atoms with Gasteiger partial charge in [-0.15, -0.1) is 0 Å². The lowest BCUT2D eigenvalue weighted by atomic mass is 9.94. The largest absolute Gasteiger partial charge is 0.383 e. The fourth-order valence-electron chi connectivity index (χ4n) is 4.60. The molecule has 3 aromatic rings. The third-order valence-electron chi connectivity index (χ3n) is 6.69. The van der Waals surface area contributed by atoms with Crippen LogP contribution < -0.4 is 0 Å². The molecule has 1 aliphatic heterocycles. The van der Waals surface area contributed by atoms with Crippen LogP contribution in [0.1, 0.15) is 44.7 Å². The van der Waals surface area contributed by atoms with Crippen molar-refractivity contribution in [3.8, 4) is 6.07 Å². The Bertz CT molecular complexity index is 1270. The van der Waals surface area contributed by atoms with Gasteiger partial charge < -0.3 is 14.5 Å². The molecule has 0 radical (unpaired) electrons. The summed E-state index contributed by atoms with van der Waals surface area (Å²) in [7, 11) is 1.61. The first-order valence-corrected chi connectivity index (χ1v) is 11.6. The van der Waals surface area contributed by atoms with Crippen molar-refractivity contribution in [2.45, 2.75) is 19.8 Å². The van der Waals surface area contributed by atoms with E-state index in [2.05, 4.69) is 10.2 Å². The Kier molecular flexibility index (Phi) is 7.42. The lowest BCUT2D eigenvalue weighted by molar-refractivity contribution is 0.0565. The van der Waals surface area contributed by atoms with E-state index in [-0.39, 0.29) is 28.9 Å². The lowest BCUT2D eigenvalue weighted by Crippen LogP contribution is -2.44. The van der Waals surface area contributed by atoms with Crippen molar-refractivity contribution in [1.29, 1.82) is 5.26 Å². The van der Waals surface area contributed by atoms with Crippen LogP contribution in [-0.2, 0) is 4.74 Å². The van der Waals surface area contributed by atoms with E-state index in [0.29, 0.717) is 51.2 Å². The van der Waals surface area contributed by atoms with Crippen LogP contribution in [0.5, 0.6) is 0 Å². The van der Waals surface area contributed by atoms with Crippen molar-refractivity contribution >= 4 is 22.7 Å². The predicted octanol–water partition coefficient (Wildman–Crippen LogP) is 3.52. The Morgan fingerprint density at radius 2 is 2.00 bits per heavy atom. The second-order valence-corrected chi connectivity index (χ2v) is 8.86. The van der Waals surface area contributed by atoms with Gasteiger partial charge in [-0.1, -0.05) is 0 Å². The number of nitriles is 1. The minimum absolute atomic E-state index is 0.0236. The molecule has 1 fully saturated rings. The van der Waals surface area contributed by atoms with Crippen molar-refractivity contribution in [2.75, 3.05) is 39.9 Å². The summed E-state index contributed by atoms with van der Waals surface area (Å²) >= 11 is 0. The van der Waals surface area contributed by atoms with Gasteiger partial charge in [-0.25, -0.2) is 4.39 Å². The molecule has 1 aliphatic rings. The zero-order valence-electron chi connectivity index (χ0n) is 19.9. The Balaban J connectivity index is 1.42. The molecular weight excluding hydrogens is 449 g/mol. The molecule has 1 N–H and O–H groups in total. The number of carbonyl (C=O) groups is 2. The molecule has 2 aromatic carbocycles. The number of aryl methyl sites for hydroxylation is 1. The summed E-state index contributed by atoms with van der Waals surface area (Å²) in [5, 5.41) is 16.8. The van der Waals surface area contributed by atoms with E-state index in [9.17, 15) is 14.0 Å². The van der Waals surface area contributed by atoms with Gasteiger partial charge in [0.1, 0.15) is 5.82 Å². The number of methoxy groups -OCH3 is 1. The van der Waals surface area contributed by atoms with E-state index < -0.39 is 5.82 Å². The molecule has 8 nitrogen and oxygen atoms in total. The van der Waals surface area contributed by atoms with Gasteiger partial charge in [-0.2, -0.15) is 10.4 Å². The molecule has 0 unspecified atom stereocenters. The summed E-state index contributed by atoms with van der Waals surface area (Å²) < 4.78 is 19.6. The number of ether oxygens (including phenoxy) is 1. The number of nitrogens with one attached hydrogen (secondary N) is 1. The second kappa shape index (κ2) is 10.7. The van der Waals surface area contributed by atoms with Gasteiger partial charge in [-0.05, 0) is 61.6 Å². The Labute approximate surface area is 203 Å². The SMILES string of the molecule is COCCN(CC1CCN(C(=O)c2ccc(C#N)cc2F)CC1)C(=O)c1ccc2[nH]ncc2c1C. The average Bonchev–Trinajstić information content (AvgIpc) is 3.36. The van der Waals surface area contributed by atoms with E-state index in [1.807, 2.05) is 30.0 Å². The van der Waals surface area contributed by atoms with Gasteiger partial charge in [-0.3, -0.25) is 14.7 Å². The van der Waals surface area contributed by atoms with Gasteiger partial charge >= 0.3 is 0 Å². The summed E-state index contributed by atoms with van der Waals surface area (Å²) in [5.41, 5.74) is 2.57. The number of hydrogen-bond acceptors (Lipinski definition) is 5. The maximum Gasteiger partial charge on any atom is 0.256 e. The minimum atomic E-state index is -0.683. The zero-order valence-corrected chi connectivity index (χ0v) is 19.9. The molecule has 0 spiro atoms. The fraction of sp³-hybridized carbons (Fsp3) is 0.385. The quantitative estimate of drug-likeness (QED) is 0.561. The summed E-state index contributed by atoms with van der Waals surface area (Å²) in [6.07, 6.45) is 3.14. The number of hydrogen-bond donors (Lipinski definition) is 1. The minimum Gasteiger partial charge on any atom is -0.383 e. The summed E-state index contributed by atoms with van der Waals surface area (Å²) in [5.74, 6) is -0.899. The molecule has 35 heavy (non-hydrogen) atoms.